The highest BCUT2D eigenvalue weighted by atomic mass is 15.1. The molecule has 0 unspecified atom stereocenters. The van der Waals surface area contributed by atoms with Gasteiger partial charge in [0.2, 0.25) is 5.95 Å². The largest absolute Gasteiger partial charge is 0.364 e. The third-order valence-electron chi connectivity index (χ3n) is 4.19. The van der Waals surface area contributed by atoms with Gasteiger partial charge in [-0.1, -0.05) is 38.1 Å². The van der Waals surface area contributed by atoms with Gasteiger partial charge in [-0.3, -0.25) is 4.98 Å². The van der Waals surface area contributed by atoms with Gasteiger partial charge in [0.25, 0.3) is 0 Å². The summed E-state index contributed by atoms with van der Waals surface area (Å²) in [6.45, 7) is 9.08. The summed E-state index contributed by atoms with van der Waals surface area (Å²) in [6, 6.07) is 14.2. The number of nitrogens with one attached hydrogen (secondary N) is 2. The van der Waals surface area contributed by atoms with Crippen LogP contribution in [0.25, 0.3) is 0 Å². The third kappa shape index (κ3) is 4.36. The maximum absolute atomic E-state index is 4.62. The number of anilines is 3. The lowest BCUT2D eigenvalue weighted by Crippen LogP contribution is -2.08. The van der Waals surface area contributed by atoms with E-state index < -0.39 is 0 Å². The summed E-state index contributed by atoms with van der Waals surface area (Å²) in [7, 11) is 0. The fraction of sp³-hybridized carbons (Fsp3) is 0.286. The maximum Gasteiger partial charge on any atom is 0.229 e. The highest BCUT2D eigenvalue weighted by Gasteiger charge is 2.11. The summed E-state index contributed by atoms with van der Waals surface area (Å²) >= 11 is 0. The van der Waals surface area contributed by atoms with E-state index in [1.807, 2.05) is 31.2 Å². The first-order valence-corrected chi connectivity index (χ1v) is 8.89. The van der Waals surface area contributed by atoms with E-state index in [0.717, 1.165) is 22.9 Å². The quantitative estimate of drug-likeness (QED) is 0.659. The molecule has 134 valence electrons. The van der Waals surface area contributed by atoms with Gasteiger partial charge < -0.3 is 10.6 Å². The van der Waals surface area contributed by atoms with E-state index in [2.05, 4.69) is 64.6 Å². The minimum atomic E-state index is 0.420. The summed E-state index contributed by atoms with van der Waals surface area (Å²) < 4.78 is 0. The van der Waals surface area contributed by atoms with Crippen LogP contribution in [-0.2, 0) is 6.54 Å². The van der Waals surface area contributed by atoms with Gasteiger partial charge in [0.15, 0.2) is 0 Å². The topological polar surface area (TPSA) is 62.7 Å². The molecule has 3 rings (SSSR count). The van der Waals surface area contributed by atoms with Gasteiger partial charge in [0.05, 0.1) is 12.2 Å². The summed E-state index contributed by atoms with van der Waals surface area (Å²) in [6.07, 6.45) is 1.79. The second-order valence-corrected chi connectivity index (χ2v) is 6.71. The molecule has 2 N–H and O–H groups in total. The molecule has 3 aromatic rings. The van der Waals surface area contributed by atoms with Crippen molar-refractivity contribution in [2.45, 2.75) is 40.2 Å². The Morgan fingerprint density at radius 3 is 2.58 bits per heavy atom. The van der Waals surface area contributed by atoms with Crippen LogP contribution >= 0.6 is 0 Å². The van der Waals surface area contributed by atoms with Crippen LogP contribution in [0, 0.1) is 13.8 Å². The maximum atomic E-state index is 4.62. The first-order chi connectivity index (χ1) is 12.5. The monoisotopic (exact) mass is 347 g/mol. The smallest absolute Gasteiger partial charge is 0.229 e. The number of pyridine rings is 1. The zero-order valence-corrected chi connectivity index (χ0v) is 15.7. The highest BCUT2D eigenvalue weighted by Crippen LogP contribution is 2.29. The number of rotatable bonds is 6. The Morgan fingerprint density at radius 2 is 1.85 bits per heavy atom. The third-order valence-corrected chi connectivity index (χ3v) is 4.19. The molecule has 2 aromatic heterocycles. The van der Waals surface area contributed by atoms with Crippen molar-refractivity contribution < 1.29 is 0 Å². The molecule has 0 fully saturated rings. The second-order valence-electron chi connectivity index (χ2n) is 6.71. The molecule has 0 radical (unpaired) electrons. The van der Waals surface area contributed by atoms with E-state index in [9.17, 15) is 0 Å². The van der Waals surface area contributed by atoms with Crippen molar-refractivity contribution in [2.24, 2.45) is 0 Å². The summed E-state index contributed by atoms with van der Waals surface area (Å²) in [4.78, 5) is 13.5. The molecule has 1 aromatic carbocycles. The Balaban J connectivity index is 1.82. The van der Waals surface area contributed by atoms with Crippen LogP contribution in [0.3, 0.4) is 0 Å². The molecule has 26 heavy (non-hydrogen) atoms. The van der Waals surface area contributed by atoms with Crippen molar-refractivity contribution in [3.8, 4) is 0 Å². The van der Waals surface area contributed by atoms with Crippen molar-refractivity contribution in [3.05, 3.63) is 71.2 Å². The average molecular weight is 347 g/mol. The molecule has 0 aliphatic carbocycles. The fourth-order valence-electron chi connectivity index (χ4n) is 2.85. The normalized spacial score (nSPS) is 10.8. The molecule has 0 bridgehead atoms. The van der Waals surface area contributed by atoms with Gasteiger partial charge in [-0.05, 0) is 43.0 Å². The Kier molecular flexibility index (Phi) is 5.46. The number of hydrogen-bond donors (Lipinski definition) is 2. The highest BCUT2D eigenvalue weighted by molar-refractivity contribution is 5.64. The van der Waals surface area contributed by atoms with Crippen molar-refractivity contribution in [2.75, 3.05) is 10.6 Å². The predicted molar refractivity (Wildman–Crippen MR) is 107 cm³/mol. The lowest BCUT2D eigenvalue weighted by molar-refractivity contribution is 0.866. The minimum absolute atomic E-state index is 0.420. The predicted octanol–water partition coefficient (Wildman–Crippen LogP) is 4.97. The number of benzene rings is 1. The van der Waals surface area contributed by atoms with Crippen LogP contribution in [0.4, 0.5) is 17.5 Å². The molecule has 0 aliphatic rings. The Hall–Kier alpha value is -2.95. The van der Waals surface area contributed by atoms with Crippen molar-refractivity contribution in [1.82, 2.24) is 15.0 Å². The van der Waals surface area contributed by atoms with Gasteiger partial charge >= 0.3 is 0 Å². The molecule has 0 saturated carbocycles. The van der Waals surface area contributed by atoms with Crippen LogP contribution in [0.1, 0.15) is 42.3 Å². The summed E-state index contributed by atoms with van der Waals surface area (Å²) in [5.74, 6) is 1.80. The lowest BCUT2D eigenvalue weighted by Gasteiger charge is -2.17. The zero-order valence-electron chi connectivity index (χ0n) is 15.7. The number of aromatic nitrogens is 3. The molecular formula is C21H25N5. The number of hydrogen-bond acceptors (Lipinski definition) is 5. The van der Waals surface area contributed by atoms with Crippen molar-refractivity contribution in [3.63, 3.8) is 0 Å². The van der Waals surface area contributed by atoms with Crippen LogP contribution in [0.5, 0.6) is 0 Å². The Labute approximate surface area is 154 Å². The van der Waals surface area contributed by atoms with E-state index in [1.54, 1.807) is 6.20 Å². The minimum Gasteiger partial charge on any atom is -0.364 e. The van der Waals surface area contributed by atoms with E-state index in [0.29, 0.717) is 18.4 Å². The molecule has 0 spiro atoms. The van der Waals surface area contributed by atoms with Gasteiger partial charge in [-0.25, -0.2) is 4.98 Å². The standard InChI is InChI=1S/C21H25N5/c1-14(2)18-10-7-8-15(3)20(18)26-21-24-16(4)12-19(25-21)23-13-17-9-5-6-11-22-17/h5-12,14H,13H2,1-4H3,(H2,23,24,25,26). The Bertz CT molecular complexity index is 875. The molecule has 0 aliphatic heterocycles. The van der Waals surface area contributed by atoms with Gasteiger partial charge in [-0.15, -0.1) is 0 Å². The molecule has 5 nitrogen and oxygen atoms in total. The molecule has 0 atom stereocenters. The van der Waals surface area contributed by atoms with E-state index in [1.165, 1.54) is 11.1 Å². The molecule has 2 heterocycles. The van der Waals surface area contributed by atoms with Crippen LogP contribution < -0.4 is 10.6 Å². The van der Waals surface area contributed by atoms with Crippen LogP contribution in [0.2, 0.25) is 0 Å². The second kappa shape index (κ2) is 7.95. The number of aryl methyl sites for hydroxylation is 2. The summed E-state index contributed by atoms with van der Waals surface area (Å²) in [5.41, 5.74) is 5.41. The zero-order chi connectivity index (χ0) is 18.5. The van der Waals surface area contributed by atoms with Crippen molar-refractivity contribution >= 4 is 17.5 Å². The molecule has 0 saturated heterocycles. The van der Waals surface area contributed by atoms with E-state index >= 15 is 0 Å². The van der Waals surface area contributed by atoms with Crippen molar-refractivity contribution in [1.29, 1.82) is 0 Å². The van der Waals surface area contributed by atoms with Gasteiger partial charge in [-0.2, -0.15) is 4.98 Å². The Morgan fingerprint density at radius 1 is 1.00 bits per heavy atom. The summed E-state index contributed by atoms with van der Waals surface area (Å²) in [5, 5.41) is 6.75. The van der Waals surface area contributed by atoms with Gasteiger partial charge in [0.1, 0.15) is 5.82 Å². The number of nitrogens with zero attached hydrogens (tertiary/aromatic N) is 3. The first kappa shape index (κ1) is 17.9. The van der Waals surface area contributed by atoms with Gasteiger partial charge in [0, 0.05) is 23.6 Å². The molecular weight excluding hydrogens is 322 g/mol. The average Bonchev–Trinajstić information content (AvgIpc) is 2.62. The van der Waals surface area contributed by atoms with Crippen LogP contribution in [0.15, 0.2) is 48.7 Å². The molecule has 5 heteroatoms. The van der Waals surface area contributed by atoms with E-state index in [-0.39, 0.29) is 0 Å². The van der Waals surface area contributed by atoms with Crippen LogP contribution in [-0.4, -0.2) is 15.0 Å². The van der Waals surface area contributed by atoms with E-state index in [4.69, 9.17) is 0 Å². The number of para-hydroxylation sites is 1. The first-order valence-electron chi connectivity index (χ1n) is 8.89. The SMILES string of the molecule is Cc1cc(NCc2ccccn2)nc(Nc2c(C)cccc2C(C)C)n1. The fourth-order valence-corrected chi connectivity index (χ4v) is 2.85. The lowest BCUT2D eigenvalue weighted by atomic mass is 9.98. The molecule has 0 amide bonds.